The molecule has 1 spiro atoms. The molecule has 0 aromatic heterocycles. The number of carbonyl (C=O) groups excluding carboxylic acids is 1. The van der Waals surface area contributed by atoms with E-state index in [1.165, 1.54) is 25.3 Å². The van der Waals surface area contributed by atoms with Gasteiger partial charge in [0.05, 0.1) is 7.11 Å². The van der Waals surface area contributed by atoms with Crippen molar-refractivity contribution in [2.24, 2.45) is 5.41 Å². The van der Waals surface area contributed by atoms with E-state index in [0.717, 1.165) is 38.0 Å². The Hall–Kier alpha value is -1.62. The number of hydrogen-bond acceptors (Lipinski definition) is 3. The minimum absolute atomic E-state index is 0.197. The summed E-state index contributed by atoms with van der Waals surface area (Å²) in [5, 5.41) is 0. The smallest absolute Gasteiger partial charge is 0.222 e. The maximum Gasteiger partial charge on any atom is 0.222 e. The number of methoxy groups -OCH3 is 1. The second-order valence-electron chi connectivity index (χ2n) is 8.02. The van der Waals surface area contributed by atoms with E-state index in [1.807, 2.05) is 12.1 Å². The first-order valence-electron chi connectivity index (χ1n) is 9.43. The van der Waals surface area contributed by atoms with Crippen molar-refractivity contribution in [1.82, 2.24) is 9.80 Å². The molecule has 3 aliphatic rings. The van der Waals surface area contributed by atoms with Crippen LogP contribution < -0.4 is 4.74 Å². The topological polar surface area (TPSA) is 32.8 Å². The van der Waals surface area contributed by atoms with Gasteiger partial charge in [-0.2, -0.15) is 0 Å². The summed E-state index contributed by atoms with van der Waals surface area (Å²) in [5.74, 6) is 0.700. The van der Waals surface area contributed by atoms with Crippen LogP contribution in [0.3, 0.4) is 0 Å². The molecule has 25 heavy (non-hydrogen) atoms. The Labute approximate surface area is 148 Å². The fourth-order valence-electron chi connectivity index (χ4n) is 4.57. The van der Waals surface area contributed by atoms with Crippen LogP contribution in [-0.4, -0.2) is 48.5 Å². The van der Waals surface area contributed by atoms with Crippen LogP contribution in [0.4, 0.5) is 4.39 Å². The first kappa shape index (κ1) is 16.8. The molecule has 0 unspecified atom stereocenters. The lowest BCUT2D eigenvalue weighted by molar-refractivity contribution is -0.140. The lowest BCUT2D eigenvalue weighted by Gasteiger charge is -2.48. The van der Waals surface area contributed by atoms with E-state index >= 15 is 0 Å². The predicted octanol–water partition coefficient (Wildman–Crippen LogP) is 3.20. The van der Waals surface area contributed by atoms with E-state index < -0.39 is 0 Å². The molecule has 2 aliphatic heterocycles. The summed E-state index contributed by atoms with van der Waals surface area (Å²) in [7, 11) is 1.55. The molecule has 2 saturated heterocycles. The number of likely N-dealkylation sites (tertiary alicyclic amines) is 2. The van der Waals surface area contributed by atoms with Crippen molar-refractivity contribution in [3.05, 3.63) is 29.6 Å². The van der Waals surface area contributed by atoms with Crippen LogP contribution in [0.5, 0.6) is 5.75 Å². The third-order valence-corrected chi connectivity index (χ3v) is 6.08. The second-order valence-corrected chi connectivity index (χ2v) is 8.02. The third kappa shape index (κ3) is 3.52. The van der Waals surface area contributed by atoms with Crippen LogP contribution in [0, 0.1) is 11.2 Å². The second kappa shape index (κ2) is 6.60. The van der Waals surface area contributed by atoms with Crippen molar-refractivity contribution in [1.29, 1.82) is 0 Å². The molecule has 0 N–H and O–H groups in total. The van der Waals surface area contributed by atoms with Gasteiger partial charge in [0, 0.05) is 49.1 Å². The van der Waals surface area contributed by atoms with E-state index in [1.54, 1.807) is 7.11 Å². The minimum atomic E-state index is -0.197. The van der Waals surface area contributed by atoms with E-state index in [4.69, 9.17) is 4.74 Å². The van der Waals surface area contributed by atoms with Gasteiger partial charge < -0.3 is 9.64 Å². The zero-order valence-electron chi connectivity index (χ0n) is 15.0. The Morgan fingerprint density at radius 2 is 2.12 bits per heavy atom. The van der Waals surface area contributed by atoms with E-state index in [2.05, 4.69) is 9.80 Å². The number of benzene rings is 1. The molecule has 4 rings (SSSR count). The Bertz CT molecular complexity index is 661. The van der Waals surface area contributed by atoms with Crippen LogP contribution in [0.25, 0.3) is 0 Å². The van der Waals surface area contributed by atoms with Crippen molar-refractivity contribution in [3.63, 3.8) is 0 Å². The number of ether oxygens (including phenoxy) is 1. The van der Waals surface area contributed by atoms with Crippen LogP contribution in [0.15, 0.2) is 18.2 Å². The van der Waals surface area contributed by atoms with Gasteiger partial charge in [-0.1, -0.05) is 6.07 Å². The molecule has 5 heteroatoms. The normalized spacial score (nSPS) is 27.8. The highest BCUT2D eigenvalue weighted by Gasteiger charge is 2.45. The molecule has 1 aliphatic carbocycles. The van der Waals surface area contributed by atoms with Crippen molar-refractivity contribution in [2.75, 3.05) is 26.7 Å². The summed E-state index contributed by atoms with van der Waals surface area (Å²) in [6.07, 6.45) is 6.32. The Morgan fingerprint density at radius 1 is 1.28 bits per heavy atom. The maximum absolute atomic E-state index is 14.3. The maximum atomic E-state index is 14.3. The number of amides is 1. The molecule has 4 nitrogen and oxygen atoms in total. The fraction of sp³-hybridized carbons (Fsp3) is 0.650. The number of nitrogens with zero attached hydrogens (tertiary/aromatic N) is 2. The largest absolute Gasteiger partial charge is 0.497 e. The number of hydrogen-bond donors (Lipinski definition) is 0. The standard InChI is InChI=1S/C20H27FN2O2/c1-25-17-6-3-15(18(21)11-17)12-22-10-2-8-20(13-22)9-7-19(24)23(14-20)16-4-5-16/h3,6,11,16H,2,4-5,7-10,12-14H2,1H3/t20-/m0/s1. The van der Waals surface area contributed by atoms with E-state index in [9.17, 15) is 9.18 Å². The lowest BCUT2D eigenvalue weighted by Crippen LogP contribution is -2.54. The van der Waals surface area contributed by atoms with Gasteiger partial charge in [0.1, 0.15) is 11.6 Å². The molecule has 1 aromatic rings. The van der Waals surface area contributed by atoms with Gasteiger partial charge in [-0.25, -0.2) is 4.39 Å². The number of halogens is 1. The monoisotopic (exact) mass is 346 g/mol. The van der Waals surface area contributed by atoms with E-state index in [0.29, 0.717) is 30.7 Å². The predicted molar refractivity (Wildman–Crippen MR) is 93.9 cm³/mol. The molecule has 136 valence electrons. The zero-order valence-corrected chi connectivity index (χ0v) is 15.0. The van der Waals surface area contributed by atoms with Gasteiger partial charge >= 0.3 is 0 Å². The molecular formula is C20H27FN2O2. The Morgan fingerprint density at radius 3 is 2.84 bits per heavy atom. The third-order valence-electron chi connectivity index (χ3n) is 6.08. The van der Waals surface area contributed by atoms with Gasteiger partial charge in [0.25, 0.3) is 0 Å². The molecule has 1 atom stereocenters. The zero-order chi connectivity index (χ0) is 17.4. The van der Waals surface area contributed by atoms with Crippen molar-refractivity contribution in [3.8, 4) is 5.75 Å². The van der Waals surface area contributed by atoms with Gasteiger partial charge in [-0.3, -0.25) is 9.69 Å². The molecule has 1 saturated carbocycles. The van der Waals surface area contributed by atoms with Crippen LogP contribution in [0.1, 0.15) is 44.1 Å². The Balaban J connectivity index is 1.45. The number of piperidine rings is 2. The van der Waals surface area contributed by atoms with Crippen molar-refractivity contribution < 1.29 is 13.9 Å². The summed E-state index contributed by atoms with van der Waals surface area (Å²) in [6.45, 7) is 3.51. The fourth-order valence-corrected chi connectivity index (χ4v) is 4.57. The summed E-state index contributed by atoms with van der Waals surface area (Å²) in [4.78, 5) is 16.7. The quantitative estimate of drug-likeness (QED) is 0.839. The minimum Gasteiger partial charge on any atom is -0.497 e. The average molecular weight is 346 g/mol. The van der Waals surface area contributed by atoms with Crippen molar-refractivity contribution >= 4 is 5.91 Å². The average Bonchev–Trinajstić information content (AvgIpc) is 3.44. The molecule has 1 aromatic carbocycles. The highest BCUT2D eigenvalue weighted by molar-refractivity contribution is 5.78. The van der Waals surface area contributed by atoms with E-state index in [-0.39, 0.29) is 11.2 Å². The Kier molecular flexibility index (Phi) is 4.44. The number of carbonyl (C=O) groups is 1. The first-order valence-corrected chi connectivity index (χ1v) is 9.43. The number of rotatable bonds is 4. The van der Waals surface area contributed by atoms with Gasteiger partial charge in [-0.15, -0.1) is 0 Å². The lowest BCUT2D eigenvalue weighted by atomic mass is 9.73. The van der Waals surface area contributed by atoms with Gasteiger partial charge in [-0.05, 0) is 44.7 Å². The van der Waals surface area contributed by atoms with Crippen molar-refractivity contribution in [2.45, 2.75) is 51.1 Å². The van der Waals surface area contributed by atoms with Crippen LogP contribution >= 0.6 is 0 Å². The van der Waals surface area contributed by atoms with Crippen LogP contribution in [0.2, 0.25) is 0 Å². The molecule has 0 bridgehead atoms. The summed E-state index contributed by atoms with van der Waals surface area (Å²) in [5.41, 5.74) is 0.932. The molecule has 1 amide bonds. The SMILES string of the molecule is COc1ccc(CN2CCC[C@]3(CCC(=O)N(C4CC4)C3)C2)c(F)c1. The molecular weight excluding hydrogens is 319 g/mol. The summed E-state index contributed by atoms with van der Waals surface area (Å²) >= 11 is 0. The summed E-state index contributed by atoms with van der Waals surface area (Å²) in [6, 6.07) is 5.62. The van der Waals surface area contributed by atoms with Gasteiger partial charge in [0.2, 0.25) is 5.91 Å². The first-order chi connectivity index (χ1) is 12.1. The highest BCUT2D eigenvalue weighted by atomic mass is 19.1. The molecule has 3 fully saturated rings. The molecule has 2 heterocycles. The summed E-state index contributed by atoms with van der Waals surface area (Å²) < 4.78 is 19.4. The van der Waals surface area contributed by atoms with Gasteiger partial charge in [0.15, 0.2) is 0 Å². The molecule has 0 radical (unpaired) electrons. The van der Waals surface area contributed by atoms with Crippen LogP contribution in [-0.2, 0) is 11.3 Å². The highest BCUT2D eigenvalue weighted by Crippen LogP contribution is 2.42.